The second-order valence-corrected chi connectivity index (χ2v) is 3.77. The first kappa shape index (κ1) is 14.5. The van der Waals surface area contributed by atoms with Crippen LogP contribution in [0.25, 0.3) is 0 Å². The van der Waals surface area contributed by atoms with E-state index in [1.54, 1.807) is 24.3 Å². The molecule has 2 N–H and O–H groups in total. The predicted molar refractivity (Wildman–Crippen MR) is 68.7 cm³/mol. The zero-order chi connectivity index (χ0) is 13.5. The predicted octanol–water partition coefficient (Wildman–Crippen LogP) is 1.38. The number of aliphatic hydroxyl groups excluding tert-OH is 2. The van der Waals surface area contributed by atoms with Gasteiger partial charge in [-0.2, -0.15) is 4.99 Å². The molecule has 1 aromatic carbocycles. The number of isothiocyanates is 1. The summed E-state index contributed by atoms with van der Waals surface area (Å²) in [6, 6.07) is 6.44. The topological polar surface area (TPSA) is 79.1 Å². The molecule has 0 saturated carbocycles. The van der Waals surface area contributed by atoms with Gasteiger partial charge in [-0.05, 0) is 29.9 Å². The fourth-order valence-corrected chi connectivity index (χ4v) is 1.49. The first-order valence-corrected chi connectivity index (χ1v) is 5.60. The molecular formula is C12H13NO4S. The number of esters is 1. The first-order valence-electron chi connectivity index (χ1n) is 5.19. The Bertz CT molecular complexity index is 454. The molecule has 2 atom stereocenters. The number of nitrogens with zero attached hydrogens (tertiary/aromatic N) is 1. The summed E-state index contributed by atoms with van der Waals surface area (Å²) < 4.78 is 4.41. The molecule has 5 nitrogen and oxygen atoms in total. The minimum Gasteiger partial charge on any atom is -0.469 e. The van der Waals surface area contributed by atoms with Crippen molar-refractivity contribution in [2.45, 2.75) is 18.6 Å². The van der Waals surface area contributed by atoms with E-state index in [0.717, 1.165) is 0 Å². The molecule has 0 bridgehead atoms. The van der Waals surface area contributed by atoms with Crippen LogP contribution in [0.5, 0.6) is 0 Å². The van der Waals surface area contributed by atoms with Crippen molar-refractivity contribution in [3.8, 4) is 0 Å². The monoisotopic (exact) mass is 267 g/mol. The van der Waals surface area contributed by atoms with Crippen molar-refractivity contribution in [3.63, 3.8) is 0 Å². The van der Waals surface area contributed by atoms with Crippen LogP contribution < -0.4 is 0 Å². The number of aliphatic hydroxyl groups is 2. The van der Waals surface area contributed by atoms with Gasteiger partial charge in [0.1, 0.15) is 6.10 Å². The van der Waals surface area contributed by atoms with Crippen molar-refractivity contribution in [1.29, 1.82) is 0 Å². The maximum Gasteiger partial charge on any atom is 0.308 e. The Kier molecular flexibility index (Phi) is 5.61. The molecule has 1 aromatic rings. The van der Waals surface area contributed by atoms with Crippen LogP contribution in [0.2, 0.25) is 0 Å². The van der Waals surface area contributed by atoms with E-state index in [-0.39, 0.29) is 6.42 Å². The van der Waals surface area contributed by atoms with Crippen LogP contribution >= 0.6 is 12.2 Å². The van der Waals surface area contributed by atoms with Crippen molar-refractivity contribution in [3.05, 3.63) is 29.8 Å². The Labute approximate surface area is 110 Å². The van der Waals surface area contributed by atoms with Crippen molar-refractivity contribution >= 4 is 29.0 Å². The quantitative estimate of drug-likeness (QED) is 0.478. The second-order valence-electron chi connectivity index (χ2n) is 3.59. The molecule has 0 radical (unpaired) electrons. The number of benzene rings is 1. The molecule has 0 amide bonds. The van der Waals surface area contributed by atoms with E-state index >= 15 is 0 Å². The molecule has 6 heteroatoms. The van der Waals surface area contributed by atoms with Crippen LogP contribution in [0.15, 0.2) is 29.3 Å². The second kappa shape index (κ2) is 6.98. The number of carbonyl (C=O) groups is 1. The number of hydrogen-bond donors (Lipinski definition) is 2. The smallest absolute Gasteiger partial charge is 0.308 e. The van der Waals surface area contributed by atoms with Crippen LogP contribution in [0, 0.1) is 0 Å². The number of ether oxygens (including phenoxy) is 1. The van der Waals surface area contributed by atoms with E-state index in [1.165, 1.54) is 7.11 Å². The zero-order valence-electron chi connectivity index (χ0n) is 9.74. The molecule has 0 aromatic heterocycles. The summed E-state index contributed by atoms with van der Waals surface area (Å²) in [5.74, 6) is -0.580. The lowest BCUT2D eigenvalue weighted by molar-refractivity contribution is -0.144. The average molecular weight is 267 g/mol. The number of thiocarbonyl (C=S) groups is 1. The van der Waals surface area contributed by atoms with E-state index in [0.29, 0.717) is 11.3 Å². The van der Waals surface area contributed by atoms with Crippen molar-refractivity contribution in [2.24, 2.45) is 4.99 Å². The lowest BCUT2D eigenvalue weighted by Crippen LogP contribution is -2.22. The van der Waals surface area contributed by atoms with Gasteiger partial charge in [0.15, 0.2) is 0 Å². The summed E-state index contributed by atoms with van der Waals surface area (Å²) in [5.41, 5.74) is 1.08. The first-order chi connectivity index (χ1) is 8.58. The van der Waals surface area contributed by atoms with E-state index in [9.17, 15) is 15.0 Å². The highest BCUT2D eigenvalue weighted by molar-refractivity contribution is 7.78. The highest BCUT2D eigenvalue weighted by Crippen LogP contribution is 2.22. The Hall–Kier alpha value is -1.59. The summed E-state index contributed by atoms with van der Waals surface area (Å²) in [5, 5.41) is 21.7. The minimum atomic E-state index is -1.21. The van der Waals surface area contributed by atoms with Gasteiger partial charge >= 0.3 is 5.97 Å². The van der Waals surface area contributed by atoms with Gasteiger partial charge in [0.2, 0.25) is 0 Å². The average Bonchev–Trinajstić information content (AvgIpc) is 2.39. The van der Waals surface area contributed by atoms with E-state index < -0.39 is 18.2 Å². The van der Waals surface area contributed by atoms with Crippen LogP contribution in [0.1, 0.15) is 18.1 Å². The summed E-state index contributed by atoms with van der Waals surface area (Å²) in [4.78, 5) is 14.7. The molecule has 0 fully saturated rings. The Morgan fingerprint density at radius 3 is 2.56 bits per heavy atom. The molecule has 1 rings (SSSR count). The third-order valence-electron chi connectivity index (χ3n) is 2.38. The molecule has 0 saturated heterocycles. The Morgan fingerprint density at radius 1 is 1.44 bits per heavy atom. The SMILES string of the molecule is COC(=O)CC(O)C(O)c1ccc(N=C=S)cc1. The number of aliphatic imine (C=N–C) groups is 1. The number of methoxy groups -OCH3 is 1. The Morgan fingerprint density at radius 2 is 2.06 bits per heavy atom. The standard InChI is InChI=1S/C12H13NO4S/c1-17-11(15)6-10(14)12(16)8-2-4-9(5-3-8)13-7-18/h2-5,10,12,14,16H,6H2,1H3. The van der Waals surface area contributed by atoms with Gasteiger partial charge in [0.25, 0.3) is 0 Å². The van der Waals surface area contributed by atoms with Gasteiger partial charge in [-0.15, -0.1) is 0 Å². The lowest BCUT2D eigenvalue weighted by Gasteiger charge is -2.17. The molecule has 2 unspecified atom stereocenters. The van der Waals surface area contributed by atoms with Crippen LogP contribution in [-0.4, -0.2) is 34.6 Å². The number of carbonyl (C=O) groups excluding carboxylic acids is 1. The molecule has 0 aliphatic rings. The fraction of sp³-hybridized carbons (Fsp3) is 0.333. The van der Waals surface area contributed by atoms with Gasteiger partial charge in [-0.3, -0.25) is 4.79 Å². The van der Waals surface area contributed by atoms with Crippen LogP contribution in [0.3, 0.4) is 0 Å². The van der Waals surface area contributed by atoms with Crippen LogP contribution in [0.4, 0.5) is 5.69 Å². The molecule has 0 aliphatic carbocycles. The number of rotatable bonds is 5. The van der Waals surface area contributed by atoms with E-state index in [2.05, 4.69) is 27.1 Å². The highest BCUT2D eigenvalue weighted by Gasteiger charge is 2.21. The largest absolute Gasteiger partial charge is 0.469 e. The van der Waals surface area contributed by atoms with Gasteiger partial charge in [-0.1, -0.05) is 12.1 Å². The maximum absolute atomic E-state index is 11.0. The molecule has 96 valence electrons. The van der Waals surface area contributed by atoms with Gasteiger partial charge < -0.3 is 14.9 Å². The zero-order valence-corrected chi connectivity index (χ0v) is 10.6. The molecule has 18 heavy (non-hydrogen) atoms. The van der Waals surface area contributed by atoms with Gasteiger partial charge in [-0.25, -0.2) is 0 Å². The number of hydrogen-bond acceptors (Lipinski definition) is 6. The third-order valence-corrected chi connectivity index (χ3v) is 2.47. The maximum atomic E-state index is 11.0. The summed E-state index contributed by atoms with van der Waals surface area (Å²) >= 11 is 4.46. The van der Waals surface area contributed by atoms with Gasteiger partial charge in [0, 0.05) is 0 Å². The Balaban J connectivity index is 2.73. The van der Waals surface area contributed by atoms with E-state index in [4.69, 9.17) is 0 Å². The summed E-state index contributed by atoms with van der Waals surface area (Å²) in [6.45, 7) is 0. The van der Waals surface area contributed by atoms with Gasteiger partial charge in [0.05, 0.1) is 30.5 Å². The third kappa shape index (κ3) is 4.01. The summed E-state index contributed by atoms with van der Waals surface area (Å²) in [7, 11) is 1.22. The molecule has 0 spiro atoms. The normalized spacial score (nSPS) is 13.3. The van der Waals surface area contributed by atoms with E-state index in [1.807, 2.05) is 0 Å². The fourth-order valence-electron chi connectivity index (χ4n) is 1.39. The van der Waals surface area contributed by atoms with Crippen LogP contribution in [-0.2, 0) is 9.53 Å². The van der Waals surface area contributed by atoms with Crippen molar-refractivity contribution in [2.75, 3.05) is 7.11 Å². The molecule has 0 aliphatic heterocycles. The highest BCUT2D eigenvalue weighted by atomic mass is 32.1. The summed E-state index contributed by atoms with van der Waals surface area (Å²) in [6.07, 6.45) is -2.63. The lowest BCUT2D eigenvalue weighted by atomic mass is 10.0. The van der Waals surface area contributed by atoms with Crippen molar-refractivity contribution in [1.82, 2.24) is 0 Å². The molecule has 0 heterocycles. The minimum absolute atomic E-state index is 0.266. The molecular weight excluding hydrogens is 254 g/mol. The van der Waals surface area contributed by atoms with Crippen molar-refractivity contribution < 1.29 is 19.7 Å².